The summed E-state index contributed by atoms with van der Waals surface area (Å²) in [5, 5.41) is 3.48. The van der Waals surface area contributed by atoms with E-state index in [4.69, 9.17) is 0 Å². The Morgan fingerprint density at radius 1 is 1.33 bits per heavy atom. The minimum Gasteiger partial charge on any atom is -0.329 e. The first-order valence-corrected chi connectivity index (χ1v) is 7.22. The van der Waals surface area contributed by atoms with Gasteiger partial charge in [0, 0.05) is 44.0 Å². The molecule has 2 heterocycles. The average Bonchev–Trinajstić information content (AvgIpc) is 2.92. The second kappa shape index (κ2) is 5.02. The zero-order valence-electron chi connectivity index (χ0n) is 11.5. The lowest BCUT2D eigenvalue weighted by Gasteiger charge is -2.18. The SMILES string of the molecule is CC(C)NCc1cncn1C1CCN(C2CC2)C1. The molecule has 1 aromatic heterocycles. The molecular weight excluding hydrogens is 224 g/mol. The fourth-order valence-electron chi connectivity index (χ4n) is 2.87. The Labute approximate surface area is 109 Å². The van der Waals surface area contributed by atoms with Gasteiger partial charge < -0.3 is 9.88 Å². The molecule has 0 radical (unpaired) electrons. The minimum atomic E-state index is 0.528. The van der Waals surface area contributed by atoms with Gasteiger partial charge in [-0.3, -0.25) is 4.90 Å². The molecule has 0 aromatic carbocycles. The zero-order valence-corrected chi connectivity index (χ0v) is 11.5. The van der Waals surface area contributed by atoms with E-state index in [9.17, 15) is 0 Å². The number of imidazole rings is 1. The minimum absolute atomic E-state index is 0.528. The van der Waals surface area contributed by atoms with Crippen molar-refractivity contribution in [2.24, 2.45) is 0 Å². The topological polar surface area (TPSA) is 33.1 Å². The highest BCUT2D eigenvalue weighted by Crippen LogP contribution is 2.33. The largest absolute Gasteiger partial charge is 0.329 e. The first kappa shape index (κ1) is 12.2. The fraction of sp³-hybridized carbons (Fsp3) is 0.786. The van der Waals surface area contributed by atoms with Crippen molar-refractivity contribution in [2.75, 3.05) is 13.1 Å². The van der Waals surface area contributed by atoms with E-state index in [1.54, 1.807) is 0 Å². The molecular formula is C14H24N4. The summed E-state index contributed by atoms with van der Waals surface area (Å²) in [5.74, 6) is 0. The van der Waals surface area contributed by atoms with Crippen molar-refractivity contribution in [3.05, 3.63) is 18.2 Å². The van der Waals surface area contributed by atoms with E-state index < -0.39 is 0 Å². The van der Waals surface area contributed by atoms with Crippen molar-refractivity contribution in [3.63, 3.8) is 0 Å². The first-order valence-electron chi connectivity index (χ1n) is 7.22. The van der Waals surface area contributed by atoms with Gasteiger partial charge in [-0.1, -0.05) is 13.8 Å². The summed E-state index contributed by atoms with van der Waals surface area (Å²) in [6.45, 7) is 7.79. The van der Waals surface area contributed by atoms with Crippen molar-refractivity contribution < 1.29 is 0 Å². The molecule has 0 bridgehead atoms. The van der Waals surface area contributed by atoms with Crippen LogP contribution in [0.2, 0.25) is 0 Å². The van der Waals surface area contributed by atoms with E-state index in [-0.39, 0.29) is 0 Å². The van der Waals surface area contributed by atoms with Crippen LogP contribution in [0.15, 0.2) is 12.5 Å². The molecule has 1 aromatic rings. The molecule has 0 spiro atoms. The smallest absolute Gasteiger partial charge is 0.0951 e. The second-order valence-electron chi connectivity index (χ2n) is 6.00. The monoisotopic (exact) mass is 248 g/mol. The Bertz CT molecular complexity index is 394. The van der Waals surface area contributed by atoms with Gasteiger partial charge in [0.2, 0.25) is 0 Å². The lowest BCUT2D eigenvalue weighted by Crippen LogP contribution is -2.26. The number of hydrogen-bond donors (Lipinski definition) is 1. The van der Waals surface area contributed by atoms with Crippen LogP contribution in [0.25, 0.3) is 0 Å². The number of hydrogen-bond acceptors (Lipinski definition) is 3. The summed E-state index contributed by atoms with van der Waals surface area (Å²) in [6.07, 6.45) is 8.13. The zero-order chi connectivity index (χ0) is 12.5. The van der Waals surface area contributed by atoms with E-state index in [0.29, 0.717) is 12.1 Å². The highest BCUT2D eigenvalue weighted by molar-refractivity contribution is 5.03. The maximum atomic E-state index is 4.33. The molecule has 1 saturated heterocycles. The van der Waals surface area contributed by atoms with Crippen molar-refractivity contribution in [1.29, 1.82) is 0 Å². The predicted octanol–water partition coefficient (Wildman–Crippen LogP) is 1.79. The van der Waals surface area contributed by atoms with E-state index in [0.717, 1.165) is 12.6 Å². The van der Waals surface area contributed by atoms with Crippen LogP contribution < -0.4 is 5.32 Å². The molecule has 4 nitrogen and oxygen atoms in total. The van der Waals surface area contributed by atoms with Crippen LogP contribution in [0.5, 0.6) is 0 Å². The maximum Gasteiger partial charge on any atom is 0.0951 e. The molecule has 4 heteroatoms. The molecule has 0 amide bonds. The summed E-state index contributed by atoms with van der Waals surface area (Å²) < 4.78 is 2.39. The molecule has 2 aliphatic rings. The van der Waals surface area contributed by atoms with Gasteiger partial charge in [0.15, 0.2) is 0 Å². The van der Waals surface area contributed by atoms with Crippen LogP contribution in [-0.2, 0) is 6.54 Å². The van der Waals surface area contributed by atoms with E-state index in [2.05, 4.69) is 33.6 Å². The van der Waals surface area contributed by atoms with Crippen LogP contribution in [0.1, 0.15) is 44.8 Å². The van der Waals surface area contributed by atoms with Gasteiger partial charge in [0.25, 0.3) is 0 Å². The van der Waals surface area contributed by atoms with Crippen LogP contribution in [-0.4, -0.2) is 39.6 Å². The van der Waals surface area contributed by atoms with Crippen molar-refractivity contribution in [1.82, 2.24) is 19.8 Å². The van der Waals surface area contributed by atoms with Crippen molar-refractivity contribution in [3.8, 4) is 0 Å². The van der Waals surface area contributed by atoms with Gasteiger partial charge in [0.1, 0.15) is 0 Å². The highest BCUT2D eigenvalue weighted by Gasteiger charge is 2.35. The van der Waals surface area contributed by atoms with Crippen LogP contribution >= 0.6 is 0 Å². The number of aromatic nitrogens is 2. The van der Waals surface area contributed by atoms with Gasteiger partial charge in [-0.2, -0.15) is 0 Å². The summed E-state index contributed by atoms with van der Waals surface area (Å²) in [7, 11) is 0. The lowest BCUT2D eigenvalue weighted by molar-refractivity contribution is 0.312. The third-order valence-corrected chi connectivity index (χ3v) is 4.09. The van der Waals surface area contributed by atoms with Crippen molar-refractivity contribution in [2.45, 2.75) is 57.8 Å². The Hall–Kier alpha value is -0.870. The van der Waals surface area contributed by atoms with Gasteiger partial charge in [-0.05, 0) is 19.3 Å². The Morgan fingerprint density at radius 3 is 2.89 bits per heavy atom. The Balaban J connectivity index is 1.63. The molecule has 1 saturated carbocycles. The second-order valence-corrected chi connectivity index (χ2v) is 6.00. The molecule has 18 heavy (non-hydrogen) atoms. The number of nitrogens with one attached hydrogen (secondary N) is 1. The summed E-state index contributed by atoms with van der Waals surface area (Å²) in [4.78, 5) is 6.99. The highest BCUT2D eigenvalue weighted by atomic mass is 15.3. The summed E-state index contributed by atoms with van der Waals surface area (Å²) in [6, 6.07) is 2.06. The van der Waals surface area contributed by atoms with E-state index in [1.165, 1.54) is 38.0 Å². The number of likely N-dealkylation sites (tertiary alicyclic amines) is 1. The van der Waals surface area contributed by atoms with E-state index >= 15 is 0 Å². The Kier molecular flexibility index (Phi) is 3.39. The standard InChI is InChI=1S/C14H24N4/c1-11(2)16-8-14-7-15-10-18(14)13-5-6-17(9-13)12-3-4-12/h7,10-13,16H,3-6,8-9H2,1-2H3. The Morgan fingerprint density at radius 2 is 2.17 bits per heavy atom. The summed E-state index contributed by atoms with van der Waals surface area (Å²) >= 11 is 0. The van der Waals surface area contributed by atoms with Crippen molar-refractivity contribution >= 4 is 0 Å². The lowest BCUT2D eigenvalue weighted by atomic mass is 10.2. The molecule has 1 atom stereocenters. The predicted molar refractivity (Wildman–Crippen MR) is 72.5 cm³/mol. The van der Waals surface area contributed by atoms with Gasteiger partial charge in [0.05, 0.1) is 12.0 Å². The molecule has 1 unspecified atom stereocenters. The third-order valence-electron chi connectivity index (χ3n) is 4.09. The maximum absolute atomic E-state index is 4.33. The quantitative estimate of drug-likeness (QED) is 0.862. The summed E-state index contributed by atoms with van der Waals surface area (Å²) in [5.41, 5.74) is 1.33. The van der Waals surface area contributed by atoms with Crippen LogP contribution in [0, 0.1) is 0 Å². The normalized spacial score (nSPS) is 25.2. The molecule has 3 rings (SSSR count). The number of nitrogens with zero attached hydrogens (tertiary/aromatic N) is 3. The average molecular weight is 248 g/mol. The third kappa shape index (κ3) is 2.59. The van der Waals surface area contributed by atoms with Gasteiger partial charge >= 0.3 is 0 Å². The fourth-order valence-corrected chi connectivity index (χ4v) is 2.87. The van der Waals surface area contributed by atoms with E-state index in [1.807, 2.05) is 12.5 Å². The molecule has 2 fully saturated rings. The first-order chi connectivity index (χ1) is 8.74. The molecule has 1 aliphatic carbocycles. The van der Waals surface area contributed by atoms with Crippen LogP contribution in [0.3, 0.4) is 0 Å². The molecule has 100 valence electrons. The molecule has 1 N–H and O–H groups in total. The van der Waals surface area contributed by atoms with Crippen LogP contribution in [0.4, 0.5) is 0 Å². The van der Waals surface area contributed by atoms with Gasteiger partial charge in [-0.15, -0.1) is 0 Å². The van der Waals surface area contributed by atoms with Gasteiger partial charge in [-0.25, -0.2) is 4.98 Å². The molecule has 1 aliphatic heterocycles. The number of rotatable bonds is 5.